The van der Waals surface area contributed by atoms with Crippen molar-refractivity contribution in [2.45, 2.75) is 5.88 Å². The Bertz CT molecular complexity index is 516. The van der Waals surface area contributed by atoms with Gasteiger partial charge in [0.2, 0.25) is 0 Å². The monoisotopic (exact) mass is 250 g/mol. The van der Waals surface area contributed by atoms with Gasteiger partial charge < -0.3 is 4.90 Å². The molecule has 17 heavy (non-hydrogen) atoms. The molecule has 0 unspecified atom stereocenters. The number of hydrogen-bond donors (Lipinski definition) is 0. The molecule has 2 aromatic rings. The average Bonchev–Trinajstić information content (AvgIpc) is 2.38. The van der Waals surface area contributed by atoms with Gasteiger partial charge in [-0.2, -0.15) is 0 Å². The van der Waals surface area contributed by atoms with E-state index in [0.717, 1.165) is 16.9 Å². The summed E-state index contributed by atoms with van der Waals surface area (Å²) in [4.78, 5) is 5.92. The Kier molecular flexibility index (Phi) is 3.59. The molecule has 0 aliphatic rings. The lowest BCUT2D eigenvalue weighted by Crippen LogP contribution is -2.11. The zero-order chi connectivity index (χ0) is 12.3. The molecule has 0 fully saturated rings. The molecular weight excluding hydrogens is 239 g/mol. The lowest BCUT2D eigenvalue weighted by Gasteiger charge is -2.21. The first-order valence-electron chi connectivity index (χ1n) is 5.20. The fraction of sp³-hybridized carbons (Fsp3) is 0.154. The van der Waals surface area contributed by atoms with Gasteiger partial charge in [0.1, 0.15) is 5.82 Å². The average molecular weight is 251 g/mol. The van der Waals surface area contributed by atoms with Crippen LogP contribution < -0.4 is 4.90 Å². The molecule has 1 aromatic heterocycles. The third kappa shape index (κ3) is 2.56. The van der Waals surface area contributed by atoms with E-state index in [1.54, 1.807) is 18.5 Å². The van der Waals surface area contributed by atoms with Gasteiger partial charge in [-0.25, -0.2) is 4.39 Å². The number of hydrogen-bond acceptors (Lipinski definition) is 2. The molecule has 1 aromatic carbocycles. The minimum absolute atomic E-state index is 0.254. The Morgan fingerprint density at radius 3 is 2.88 bits per heavy atom. The van der Waals surface area contributed by atoms with Crippen LogP contribution in [0, 0.1) is 5.82 Å². The van der Waals surface area contributed by atoms with E-state index in [-0.39, 0.29) is 5.82 Å². The first kappa shape index (κ1) is 11.9. The van der Waals surface area contributed by atoms with Crippen molar-refractivity contribution in [2.75, 3.05) is 11.9 Å². The maximum absolute atomic E-state index is 13.2. The molecule has 88 valence electrons. The van der Waals surface area contributed by atoms with E-state index < -0.39 is 0 Å². The second-order valence-electron chi connectivity index (χ2n) is 3.68. The van der Waals surface area contributed by atoms with Crippen molar-refractivity contribution in [3.63, 3.8) is 0 Å². The molecule has 0 atom stereocenters. The van der Waals surface area contributed by atoms with E-state index in [4.69, 9.17) is 11.6 Å². The van der Waals surface area contributed by atoms with Gasteiger partial charge in [0.15, 0.2) is 0 Å². The topological polar surface area (TPSA) is 16.1 Å². The third-order valence-electron chi connectivity index (χ3n) is 2.58. The van der Waals surface area contributed by atoms with Gasteiger partial charge >= 0.3 is 0 Å². The van der Waals surface area contributed by atoms with Crippen molar-refractivity contribution < 1.29 is 4.39 Å². The summed E-state index contributed by atoms with van der Waals surface area (Å²) in [5.74, 6) is 0.124. The molecule has 0 aliphatic carbocycles. The molecular formula is C13H12ClFN2. The maximum atomic E-state index is 13.2. The van der Waals surface area contributed by atoms with Crippen LogP contribution in [0.5, 0.6) is 0 Å². The fourth-order valence-electron chi connectivity index (χ4n) is 1.67. The van der Waals surface area contributed by atoms with Crippen molar-refractivity contribution >= 4 is 23.0 Å². The van der Waals surface area contributed by atoms with Crippen molar-refractivity contribution in [1.82, 2.24) is 4.98 Å². The van der Waals surface area contributed by atoms with E-state index >= 15 is 0 Å². The van der Waals surface area contributed by atoms with Gasteiger partial charge in [-0.15, -0.1) is 11.6 Å². The molecule has 0 saturated carbocycles. The summed E-state index contributed by atoms with van der Waals surface area (Å²) in [7, 11) is 1.88. The van der Waals surface area contributed by atoms with Gasteiger partial charge in [0.25, 0.3) is 0 Å². The highest BCUT2D eigenvalue weighted by Crippen LogP contribution is 2.27. The fourth-order valence-corrected chi connectivity index (χ4v) is 1.88. The van der Waals surface area contributed by atoms with Crippen LogP contribution in [-0.2, 0) is 5.88 Å². The predicted octanol–water partition coefficient (Wildman–Crippen LogP) is 3.73. The second-order valence-corrected chi connectivity index (χ2v) is 3.94. The van der Waals surface area contributed by atoms with Gasteiger partial charge in [0, 0.05) is 36.4 Å². The summed E-state index contributed by atoms with van der Waals surface area (Å²) in [6, 6.07) is 8.30. The van der Waals surface area contributed by atoms with E-state index in [1.165, 1.54) is 12.1 Å². The number of pyridine rings is 1. The Morgan fingerprint density at radius 2 is 2.18 bits per heavy atom. The van der Waals surface area contributed by atoms with Crippen LogP contribution in [0.25, 0.3) is 0 Å². The SMILES string of the molecule is CN(c1cccc(F)c1)c1ccncc1CCl. The molecule has 2 rings (SSSR count). The highest BCUT2D eigenvalue weighted by atomic mass is 35.5. The van der Waals surface area contributed by atoms with E-state index in [9.17, 15) is 4.39 Å². The summed E-state index contributed by atoms with van der Waals surface area (Å²) in [5, 5.41) is 0. The molecule has 0 spiro atoms. The van der Waals surface area contributed by atoms with E-state index in [2.05, 4.69) is 4.98 Å². The largest absolute Gasteiger partial charge is 0.344 e. The summed E-state index contributed by atoms with van der Waals surface area (Å²) in [6.07, 6.45) is 3.42. The van der Waals surface area contributed by atoms with Crippen LogP contribution in [0.15, 0.2) is 42.7 Å². The van der Waals surface area contributed by atoms with Crippen LogP contribution >= 0.6 is 11.6 Å². The van der Waals surface area contributed by atoms with Crippen LogP contribution in [-0.4, -0.2) is 12.0 Å². The third-order valence-corrected chi connectivity index (χ3v) is 2.87. The summed E-state index contributed by atoms with van der Waals surface area (Å²) >= 11 is 5.85. The van der Waals surface area contributed by atoms with Crippen molar-refractivity contribution in [3.8, 4) is 0 Å². The summed E-state index contributed by atoms with van der Waals surface area (Å²) in [5.41, 5.74) is 2.63. The number of alkyl halides is 1. The van der Waals surface area contributed by atoms with Crippen LogP contribution in [0.1, 0.15) is 5.56 Å². The Labute approximate surface area is 105 Å². The summed E-state index contributed by atoms with van der Waals surface area (Å²) < 4.78 is 13.2. The standard InChI is InChI=1S/C13H12ClFN2/c1-17(12-4-2-3-11(15)7-12)13-5-6-16-9-10(13)8-14/h2-7,9H,8H2,1H3. The van der Waals surface area contributed by atoms with Gasteiger partial charge in [0.05, 0.1) is 5.88 Å². The maximum Gasteiger partial charge on any atom is 0.125 e. The lowest BCUT2D eigenvalue weighted by molar-refractivity contribution is 0.628. The Balaban J connectivity index is 2.40. The van der Waals surface area contributed by atoms with E-state index in [1.807, 2.05) is 24.1 Å². The number of rotatable bonds is 3. The van der Waals surface area contributed by atoms with Crippen molar-refractivity contribution in [2.24, 2.45) is 0 Å². The number of anilines is 2. The zero-order valence-electron chi connectivity index (χ0n) is 9.40. The van der Waals surface area contributed by atoms with Crippen LogP contribution in [0.2, 0.25) is 0 Å². The minimum Gasteiger partial charge on any atom is -0.344 e. The number of benzene rings is 1. The number of nitrogens with zero attached hydrogens (tertiary/aromatic N) is 2. The zero-order valence-corrected chi connectivity index (χ0v) is 10.2. The highest BCUT2D eigenvalue weighted by molar-refractivity contribution is 6.17. The molecule has 0 saturated heterocycles. The normalized spacial score (nSPS) is 10.3. The predicted molar refractivity (Wildman–Crippen MR) is 68.3 cm³/mol. The lowest BCUT2D eigenvalue weighted by atomic mass is 10.2. The highest BCUT2D eigenvalue weighted by Gasteiger charge is 2.09. The van der Waals surface area contributed by atoms with Gasteiger partial charge in [-0.3, -0.25) is 4.98 Å². The number of halogens is 2. The molecule has 4 heteroatoms. The van der Waals surface area contributed by atoms with Crippen LogP contribution in [0.3, 0.4) is 0 Å². The number of aromatic nitrogens is 1. The first-order chi connectivity index (χ1) is 8.22. The van der Waals surface area contributed by atoms with E-state index in [0.29, 0.717) is 5.88 Å². The Morgan fingerprint density at radius 1 is 1.35 bits per heavy atom. The van der Waals surface area contributed by atoms with Crippen LogP contribution in [0.4, 0.5) is 15.8 Å². The first-order valence-corrected chi connectivity index (χ1v) is 5.74. The smallest absolute Gasteiger partial charge is 0.125 e. The van der Waals surface area contributed by atoms with Gasteiger partial charge in [-0.1, -0.05) is 6.07 Å². The molecule has 0 amide bonds. The quantitative estimate of drug-likeness (QED) is 0.772. The molecule has 0 radical (unpaired) electrons. The molecule has 0 N–H and O–H groups in total. The van der Waals surface area contributed by atoms with Crippen molar-refractivity contribution in [3.05, 3.63) is 54.1 Å². The van der Waals surface area contributed by atoms with Crippen molar-refractivity contribution in [1.29, 1.82) is 0 Å². The minimum atomic E-state index is -0.254. The molecule has 2 nitrogen and oxygen atoms in total. The Hall–Kier alpha value is -1.61. The molecule has 1 heterocycles. The van der Waals surface area contributed by atoms with Gasteiger partial charge in [-0.05, 0) is 24.3 Å². The molecule has 0 aliphatic heterocycles. The molecule has 0 bridgehead atoms. The second kappa shape index (κ2) is 5.15. The summed E-state index contributed by atoms with van der Waals surface area (Å²) in [6.45, 7) is 0.